The molecule has 1 saturated heterocycles. The number of nitrogens with zero attached hydrogens (tertiary/aromatic N) is 3. The van der Waals surface area contributed by atoms with Crippen molar-refractivity contribution in [2.24, 2.45) is 0 Å². The Labute approximate surface area is 124 Å². The van der Waals surface area contributed by atoms with E-state index in [4.69, 9.17) is 5.11 Å². The molecule has 1 aromatic heterocycles. The van der Waals surface area contributed by atoms with E-state index in [1.165, 1.54) is 16.4 Å². The second-order valence-corrected chi connectivity index (χ2v) is 7.11. The molecule has 0 aromatic carbocycles. The van der Waals surface area contributed by atoms with Gasteiger partial charge in [-0.15, -0.1) is 0 Å². The summed E-state index contributed by atoms with van der Waals surface area (Å²) >= 11 is 0. The highest BCUT2D eigenvalue weighted by Crippen LogP contribution is 2.19. The van der Waals surface area contributed by atoms with E-state index in [0.717, 1.165) is 19.2 Å². The summed E-state index contributed by atoms with van der Waals surface area (Å²) < 4.78 is 26.7. The summed E-state index contributed by atoms with van der Waals surface area (Å²) in [6.45, 7) is 3.81. The Morgan fingerprint density at radius 2 is 2.10 bits per heavy atom. The zero-order valence-electron chi connectivity index (χ0n) is 12.1. The second-order valence-electron chi connectivity index (χ2n) is 5.27. The molecule has 0 spiro atoms. The SMILES string of the molecule is CC1CN(C)CCCN1S(=O)(=O)c1ccc(C(=O)O)cn1. The second kappa shape index (κ2) is 6.08. The number of rotatable bonds is 3. The number of aromatic nitrogens is 1. The number of hydrogen-bond donors (Lipinski definition) is 1. The lowest BCUT2D eigenvalue weighted by Gasteiger charge is -2.26. The number of carbonyl (C=O) groups is 1. The van der Waals surface area contributed by atoms with Gasteiger partial charge in [0.05, 0.1) is 5.56 Å². The molecule has 8 heteroatoms. The van der Waals surface area contributed by atoms with Crippen molar-refractivity contribution in [3.05, 3.63) is 23.9 Å². The number of carboxylic acids is 1. The van der Waals surface area contributed by atoms with Crippen LogP contribution in [0.5, 0.6) is 0 Å². The summed E-state index contributed by atoms with van der Waals surface area (Å²) in [6, 6.07) is 2.36. The van der Waals surface area contributed by atoms with Crippen molar-refractivity contribution < 1.29 is 18.3 Å². The van der Waals surface area contributed by atoms with Gasteiger partial charge in [0, 0.05) is 25.3 Å². The van der Waals surface area contributed by atoms with Gasteiger partial charge in [0.15, 0.2) is 5.03 Å². The molecule has 1 aliphatic heterocycles. The molecule has 1 aliphatic rings. The molecule has 2 rings (SSSR count). The predicted octanol–water partition coefficient (Wildman–Crippen LogP) is 0.495. The molecule has 21 heavy (non-hydrogen) atoms. The Kier molecular flexibility index (Phi) is 4.60. The molecule has 1 aromatic rings. The summed E-state index contributed by atoms with van der Waals surface area (Å²) in [5, 5.41) is 8.72. The molecule has 0 aliphatic carbocycles. The third kappa shape index (κ3) is 3.39. The quantitative estimate of drug-likeness (QED) is 0.873. The lowest BCUT2D eigenvalue weighted by atomic mass is 10.3. The van der Waals surface area contributed by atoms with Crippen LogP contribution in [0, 0.1) is 0 Å². The topological polar surface area (TPSA) is 90.8 Å². The Morgan fingerprint density at radius 1 is 1.38 bits per heavy atom. The van der Waals surface area contributed by atoms with Crippen molar-refractivity contribution in [2.75, 3.05) is 26.7 Å². The lowest BCUT2D eigenvalue weighted by molar-refractivity contribution is 0.0696. The van der Waals surface area contributed by atoms with Crippen LogP contribution in [0.25, 0.3) is 0 Å². The largest absolute Gasteiger partial charge is 0.478 e. The normalized spacial score (nSPS) is 21.9. The molecule has 1 atom stereocenters. The van der Waals surface area contributed by atoms with Crippen LogP contribution in [0.2, 0.25) is 0 Å². The standard InChI is InChI=1S/C13H19N3O4S/c1-10-9-15(2)6-3-7-16(10)21(19,20)12-5-4-11(8-14-12)13(17)18/h4-5,8,10H,3,6-7,9H2,1-2H3,(H,17,18). The number of sulfonamides is 1. The molecule has 0 radical (unpaired) electrons. The maximum atomic E-state index is 12.6. The van der Waals surface area contributed by atoms with Crippen molar-refractivity contribution in [3.63, 3.8) is 0 Å². The minimum absolute atomic E-state index is 0.0300. The van der Waals surface area contributed by atoms with Crippen LogP contribution >= 0.6 is 0 Å². The first-order chi connectivity index (χ1) is 9.82. The van der Waals surface area contributed by atoms with Crippen LogP contribution in [-0.2, 0) is 10.0 Å². The Bertz CT molecular complexity index is 615. The predicted molar refractivity (Wildman–Crippen MR) is 76.7 cm³/mol. The van der Waals surface area contributed by atoms with E-state index < -0.39 is 16.0 Å². The zero-order valence-corrected chi connectivity index (χ0v) is 12.9. The molecule has 1 fully saturated rings. The van der Waals surface area contributed by atoms with Crippen LogP contribution in [-0.4, -0.2) is 66.4 Å². The first kappa shape index (κ1) is 15.9. The summed E-state index contributed by atoms with van der Waals surface area (Å²) in [7, 11) is -1.73. The van der Waals surface area contributed by atoms with Gasteiger partial charge in [-0.3, -0.25) is 0 Å². The van der Waals surface area contributed by atoms with E-state index in [1.54, 1.807) is 0 Å². The van der Waals surface area contributed by atoms with Gasteiger partial charge in [0.25, 0.3) is 10.0 Å². The van der Waals surface area contributed by atoms with Crippen molar-refractivity contribution in [3.8, 4) is 0 Å². The Hall–Kier alpha value is -1.51. The number of aromatic carboxylic acids is 1. The van der Waals surface area contributed by atoms with Gasteiger partial charge in [-0.25, -0.2) is 18.2 Å². The van der Waals surface area contributed by atoms with Crippen LogP contribution in [0.1, 0.15) is 23.7 Å². The highest BCUT2D eigenvalue weighted by molar-refractivity contribution is 7.89. The molecule has 0 amide bonds. The van der Waals surface area contributed by atoms with Crippen LogP contribution in [0.3, 0.4) is 0 Å². The first-order valence-electron chi connectivity index (χ1n) is 6.72. The van der Waals surface area contributed by atoms with Crippen molar-refractivity contribution in [1.82, 2.24) is 14.2 Å². The van der Waals surface area contributed by atoms with Crippen LogP contribution in [0.15, 0.2) is 23.4 Å². The van der Waals surface area contributed by atoms with Gasteiger partial charge in [0.2, 0.25) is 0 Å². The fourth-order valence-electron chi connectivity index (χ4n) is 2.49. The van der Waals surface area contributed by atoms with E-state index in [1.807, 2.05) is 14.0 Å². The molecular formula is C13H19N3O4S. The summed E-state index contributed by atoms with van der Waals surface area (Å²) in [5.74, 6) is -1.13. The van der Waals surface area contributed by atoms with E-state index >= 15 is 0 Å². The lowest BCUT2D eigenvalue weighted by Crippen LogP contribution is -2.42. The van der Waals surface area contributed by atoms with Gasteiger partial charge in [0.1, 0.15) is 0 Å². The van der Waals surface area contributed by atoms with E-state index in [2.05, 4.69) is 9.88 Å². The Balaban J connectivity index is 2.30. The number of pyridine rings is 1. The van der Waals surface area contributed by atoms with E-state index in [9.17, 15) is 13.2 Å². The van der Waals surface area contributed by atoms with Gasteiger partial charge < -0.3 is 10.0 Å². The maximum Gasteiger partial charge on any atom is 0.337 e. The minimum atomic E-state index is -3.70. The fraction of sp³-hybridized carbons (Fsp3) is 0.538. The molecule has 7 nitrogen and oxygen atoms in total. The summed E-state index contributed by atoms with van der Waals surface area (Å²) in [4.78, 5) is 16.7. The molecular weight excluding hydrogens is 294 g/mol. The van der Waals surface area contributed by atoms with Crippen molar-refractivity contribution in [1.29, 1.82) is 0 Å². The number of hydrogen-bond acceptors (Lipinski definition) is 5. The van der Waals surface area contributed by atoms with Gasteiger partial charge in [-0.1, -0.05) is 0 Å². The third-order valence-corrected chi connectivity index (χ3v) is 5.47. The fourth-order valence-corrected chi connectivity index (χ4v) is 4.06. The Morgan fingerprint density at radius 3 is 2.67 bits per heavy atom. The molecule has 2 heterocycles. The average molecular weight is 313 g/mol. The van der Waals surface area contributed by atoms with Crippen LogP contribution in [0.4, 0.5) is 0 Å². The summed E-state index contributed by atoms with van der Waals surface area (Å²) in [5.41, 5.74) is -0.0300. The molecule has 1 unspecified atom stereocenters. The molecule has 0 bridgehead atoms. The van der Waals surface area contributed by atoms with Gasteiger partial charge >= 0.3 is 5.97 Å². The van der Waals surface area contributed by atoms with Crippen molar-refractivity contribution >= 4 is 16.0 Å². The average Bonchev–Trinajstić information content (AvgIpc) is 2.59. The first-order valence-corrected chi connectivity index (χ1v) is 8.16. The molecule has 116 valence electrons. The molecule has 1 N–H and O–H groups in total. The van der Waals surface area contributed by atoms with Crippen LogP contribution < -0.4 is 0 Å². The maximum absolute atomic E-state index is 12.6. The number of likely N-dealkylation sites (N-methyl/N-ethyl adjacent to an activating group) is 1. The van der Waals surface area contributed by atoms with Crippen molar-refractivity contribution in [2.45, 2.75) is 24.4 Å². The smallest absolute Gasteiger partial charge is 0.337 e. The van der Waals surface area contributed by atoms with E-state index in [0.29, 0.717) is 13.1 Å². The highest BCUT2D eigenvalue weighted by atomic mass is 32.2. The summed E-state index contributed by atoms with van der Waals surface area (Å²) in [6.07, 6.45) is 1.83. The van der Waals surface area contributed by atoms with Gasteiger partial charge in [-0.05, 0) is 39.1 Å². The number of carboxylic acid groups (broad SMARTS) is 1. The van der Waals surface area contributed by atoms with Gasteiger partial charge in [-0.2, -0.15) is 4.31 Å². The zero-order chi connectivity index (χ0) is 15.6. The monoisotopic (exact) mass is 313 g/mol. The minimum Gasteiger partial charge on any atom is -0.478 e. The third-order valence-electron chi connectivity index (χ3n) is 3.54. The van der Waals surface area contributed by atoms with E-state index in [-0.39, 0.29) is 16.6 Å². The molecule has 0 saturated carbocycles. The highest BCUT2D eigenvalue weighted by Gasteiger charge is 2.32.